The van der Waals surface area contributed by atoms with E-state index in [1.54, 1.807) is 24.5 Å². The molecule has 7 rings (SSSR count). The second-order valence-corrected chi connectivity index (χ2v) is 13.0. The Labute approximate surface area is 276 Å². The molecule has 4 aromatic rings. The van der Waals surface area contributed by atoms with Crippen molar-refractivity contribution in [3.8, 4) is 12.1 Å². The smallest absolute Gasteiger partial charge is 0.318 e. The fourth-order valence-electron chi connectivity index (χ4n) is 7.49. The lowest BCUT2D eigenvalue weighted by atomic mass is 9.80. The molecule has 240 valence electrons. The van der Waals surface area contributed by atoms with Crippen LogP contribution in [0.3, 0.4) is 0 Å². The van der Waals surface area contributed by atoms with E-state index in [1.165, 1.54) is 28.3 Å². The van der Waals surface area contributed by atoms with Crippen molar-refractivity contribution in [2.45, 2.75) is 56.5 Å². The number of nitrogens with zero attached hydrogens (tertiary/aromatic N) is 7. The fraction of sp³-hybridized carbons (Fsp3) is 0.395. The van der Waals surface area contributed by atoms with Crippen LogP contribution >= 0.6 is 0 Å². The molecule has 1 amide bonds. The molecule has 3 unspecified atom stereocenters. The van der Waals surface area contributed by atoms with Crippen molar-refractivity contribution in [2.24, 2.45) is 0 Å². The van der Waals surface area contributed by atoms with Crippen molar-refractivity contribution in [3.05, 3.63) is 95.5 Å². The maximum atomic E-state index is 13.3. The van der Waals surface area contributed by atoms with Gasteiger partial charge in [0.05, 0.1) is 24.2 Å². The average Bonchev–Trinajstić information content (AvgIpc) is 3.53. The minimum Gasteiger partial charge on any atom is -0.462 e. The van der Waals surface area contributed by atoms with Crippen LogP contribution < -0.4 is 9.64 Å². The molecule has 0 radical (unpaired) electrons. The Balaban J connectivity index is 1.16. The van der Waals surface area contributed by atoms with Gasteiger partial charge in [0.15, 0.2) is 0 Å². The van der Waals surface area contributed by atoms with Crippen molar-refractivity contribution < 1.29 is 9.53 Å². The van der Waals surface area contributed by atoms with Crippen molar-refractivity contribution in [1.29, 1.82) is 5.26 Å². The van der Waals surface area contributed by atoms with Gasteiger partial charge in [0.25, 0.3) is 0 Å². The highest BCUT2D eigenvalue weighted by atomic mass is 16.5. The summed E-state index contributed by atoms with van der Waals surface area (Å²) in [6.45, 7) is 3.29. The Morgan fingerprint density at radius 2 is 1.94 bits per heavy atom. The van der Waals surface area contributed by atoms with Crippen LogP contribution in [-0.4, -0.2) is 82.6 Å². The lowest BCUT2D eigenvalue weighted by Crippen LogP contribution is -2.55. The summed E-state index contributed by atoms with van der Waals surface area (Å²) in [5.41, 5.74) is 4.44. The molecule has 2 fully saturated rings. The van der Waals surface area contributed by atoms with Gasteiger partial charge in [-0.1, -0.05) is 48.5 Å². The summed E-state index contributed by atoms with van der Waals surface area (Å²) in [5, 5.41) is 12.3. The molecule has 9 heteroatoms. The normalized spacial score (nSPS) is 21.6. The first-order valence-electron chi connectivity index (χ1n) is 16.8. The largest absolute Gasteiger partial charge is 0.462 e. The van der Waals surface area contributed by atoms with E-state index < -0.39 is 0 Å². The highest BCUT2D eigenvalue weighted by Crippen LogP contribution is 2.39. The number of nitriles is 1. The number of amides is 1. The van der Waals surface area contributed by atoms with E-state index in [9.17, 15) is 10.1 Å². The Hall–Kier alpha value is -4.81. The molecular formula is C38H41N7O2. The van der Waals surface area contributed by atoms with Gasteiger partial charge in [-0.25, -0.2) is 0 Å². The molecule has 2 aromatic carbocycles. The predicted molar refractivity (Wildman–Crippen MR) is 183 cm³/mol. The number of anilines is 1. The number of fused-ring (bicyclic) bond motifs is 2. The summed E-state index contributed by atoms with van der Waals surface area (Å²) in [4.78, 5) is 34.0. The first-order valence-corrected chi connectivity index (χ1v) is 16.8. The van der Waals surface area contributed by atoms with Crippen LogP contribution in [0.5, 0.6) is 6.01 Å². The number of benzene rings is 2. The summed E-state index contributed by atoms with van der Waals surface area (Å²) in [6.07, 6.45) is 12.0. The number of rotatable bonds is 8. The predicted octanol–water partition coefficient (Wildman–Crippen LogP) is 5.41. The quantitative estimate of drug-likeness (QED) is 0.239. The average molecular weight is 628 g/mol. The fourth-order valence-corrected chi connectivity index (χ4v) is 7.49. The molecule has 0 spiro atoms. The van der Waals surface area contributed by atoms with Gasteiger partial charge in [-0.2, -0.15) is 15.2 Å². The van der Waals surface area contributed by atoms with Gasteiger partial charge in [0.2, 0.25) is 5.91 Å². The van der Waals surface area contributed by atoms with E-state index in [0.717, 1.165) is 49.3 Å². The van der Waals surface area contributed by atoms with Gasteiger partial charge < -0.3 is 19.4 Å². The summed E-state index contributed by atoms with van der Waals surface area (Å²) < 4.78 is 6.36. The molecule has 3 atom stereocenters. The van der Waals surface area contributed by atoms with Crippen molar-refractivity contribution in [3.63, 3.8) is 0 Å². The minimum absolute atomic E-state index is 0.0962. The zero-order valence-corrected chi connectivity index (χ0v) is 27.0. The third-order valence-corrected chi connectivity index (χ3v) is 10.1. The molecular weight excluding hydrogens is 586 g/mol. The number of carbonyl (C=O) groups is 1. The minimum atomic E-state index is -0.256. The highest BCUT2D eigenvalue weighted by Gasteiger charge is 2.34. The van der Waals surface area contributed by atoms with Crippen LogP contribution in [0.2, 0.25) is 0 Å². The number of aromatic nitrogens is 3. The van der Waals surface area contributed by atoms with Crippen molar-refractivity contribution >= 4 is 28.6 Å². The molecule has 0 bridgehead atoms. The molecule has 2 aliphatic heterocycles. The third kappa shape index (κ3) is 6.70. The number of hydrogen-bond acceptors (Lipinski definition) is 8. The van der Waals surface area contributed by atoms with Crippen LogP contribution in [0.25, 0.3) is 16.8 Å². The van der Waals surface area contributed by atoms with Crippen molar-refractivity contribution in [2.75, 3.05) is 44.7 Å². The second-order valence-electron chi connectivity index (χ2n) is 13.0. The summed E-state index contributed by atoms with van der Waals surface area (Å²) in [6, 6.07) is 21.8. The monoisotopic (exact) mass is 627 g/mol. The van der Waals surface area contributed by atoms with Gasteiger partial charge in [-0.15, -0.1) is 0 Å². The highest BCUT2D eigenvalue weighted by molar-refractivity contribution is 5.92. The molecule has 3 aliphatic rings. The first-order chi connectivity index (χ1) is 23.1. The molecule has 47 heavy (non-hydrogen) atoms. The number of ether oxygens (including phenoxy) is 1. The Kier molecular flexibility index (Phi) is 9.11. The van der Waals surface area contributed by atoms with Gasteiger partial charge in [0, 0.05) is 49.7 Å². The van der Waals surface area contributed by atoms with Crippen LogP contribution in [0, 0.1) is 11.3 Å². The molecule has 0 saturated carbocycles. The molecule has 1 aliphatic carbocycles. The van der Waals surface area contributed by atoms with Crippen LogP contribution in [0.15, 0.2) is 73.1 Å². The zero-order chi connectivity index (χ0) is 32.2. The Bertz CT molecular complexity index is 1800. The van der Waals surface area contributed by atoms with Crippen molar-refractivity contribution in [1.82, 2.24) is 24.8 Å². The van der Waals surface area contributed by atoms with Gasteiger partial charge in [0.1, 0.15) is 12.4 Å². The Morgan fingerprint density at radius 3 is 2.77 bits per heavy atom. The lowest BCUT2D eigenvalue weighted by molar-refractivity contribution is -0.128. The van der Waals surface area contributed by atoms with E-state index in [2.05, 4.69) is 70.4 Å². The summed E-state index contributed by atoms with van der Waals surface area (Å²) in [5.74, 6) is 1.14. The summed E-state index contributed by atoms with van der Waals surface area (Å²) >= 11 is 0. The number of carbonyl (C=O) groups excluding carboxylic acids is 1. The molecule has 4 heterocycles. The van der Waals surface area contributed by atoms with Gasteiger partial charge in [-0.3, -0.25) is 9.78 Å². The van der Waals surface area contributed by atoms with E-state index in [4.69, 9.17) is 14.7 Å². The SMILES string of the molecule is CN1CCCC1COc1nc2c(c(N3CCN(C(=O)/C=C/c4cccnc4)C(CC#N)C3)n1)CCC(c1cccc3ccccc13)C2. The van der Waals surface area contributed by atoms with Crippen LogP contribution in [0.1, 0.15) is 54.0 Å². The van der Waals surface area contributed by atoms with E-state index in [1.807, 2.05) is 17.0 Å². The van der Waals surface area contributed by atoms with E-state index in [-0.39, 0.29) is 18.4 Å². The number of piperazine rings is 1. The molecule has 2 aromatic heterocycles. The maximum Gasteiger partial charge on any atom is 0.318 e. The summed E-state index contributed by atoms with van der Waals surface area (Å²) in [7, 11) is 2.15. The molecule has 0 N–H and O–H groups in total. The standard InChI is InChI=1S/C38H41N7O2/c1-43-20-6-10-31(43)26-47-38-41-35-23-29(33-12-4-9-28-8-2-3-11-32(28)33)14-15-34(35)37(42-38)44-21-22-45(30(25-44)17-18-39)36(46)16-13-27-7-5-19-40-24-27/h2-5,7-9,11-13,16,19,24,29-31H,6,10,14-15,17,20-23,25-26H2,1H3/b16-13+. The van der Waals surface area contributed by atoms with Crippen LogP contribution in [-0.2, 0) is 17.6 Å². The topological polar surface area (TPSA) is 98.5 Å². The molecule has 9 nitrogen and oxygen atoms in total. The maximum absolute atomic E-state index is 13.3. The third-order valence-electron chi connectivity index (χ3n) is 10.1. The van der Waals surface area contributed by atoms with E-state index >= 15 is 0 Å². The van der Waals surface area contributed by atoms with Gasteiger partial charge >= 0.3 is 6.01 Å². The van der Waals surface area contributed by atoms with Gasteiger partial charge in [-0.05, 0) is 85.7 Å². The number of hydrogen-bond donors (Lipinski definition) is 0. The Morgan fingerprint density at radius 1 is 1.04 bits per heavy atom. The zero-order valence-electron chi connectivity index (χ0n) is 27.0. The number of likely N-dealkylation sites (tertiary alicyclic amines) is 1. The van der Waals surface area contributed by atoms with E-state index in [0.29, 0.717) is 44.2 Å². The van der Waals surface area contributed by atoms with Crippen LogP contribution in [0.4, 0.5) is 5.82 Å². The number of likely N-dealkylation sites (N-methyl/N-ethyl adjacent to an activating group) is 1. The molecule has 2 saturated heterocycles. The lowest BCUT2D eigenvalue weighted by Gasteiger charge is -2.42. The first kappa shape index (κ1) is 30.8. The second kappa shape index (κ2) is 13.9. The number of pyridine rings is 1.